The summed E-state index contributed by atoms with van der Waals surface area (Å²) in [7, 11) is 0. The Hall–Kier alpha value is -2.76. The summed E-state index contributed by atoms with van der Waals surface area (Å²) < 4.78 is 28.4. The van der Waals surface area contributed by atoms with Gasteiger partial charge in [0.2, 0.25) is 0 Å². The summed E-state index contributed by atoms with van der Waals surface area (Å²) in [6.07, 6.45) is 3.20. The molecule has 3 rings (SSSR count). The van der Waals surface area contributed by atoms with Crippen LogP contribution in [0.25, 0.3) is 5.65 Å². The zero-order chi connectivity index (χ0) is 16.4. The Balaban J connectivity index is 2.01. The van der Waals surface area contributed by atoms with Gasteiger partial charge in [-0.15, -0.1) is 0 Å². The highest BCUT2D eigenvalue weighted by Crippen LogP contribution is 2.19. The number of halogens is 2. The van der Waals surface area contributed by atoms with E-state index >= 15 is 0 Å². The van der Waals surface area contributed by atoms with E-state index in [9.17, 15) is 13.6 Å². The Labute approximate surface area is 131 Å². The van der Waals surface area contributed by atoms with E-state index in [2.05, 4.69) is 10.3 Å². The lowest BCUT2D eigenvalue weighted by atomic mass is 10.2. The van der Waals surface area contributed by atoms with Crippen LogP contribution >= 0.6 is 0 Å². The second kappa shape index (κ2) is 6.16. The highest BCUT2D eigenvalue weighted by atomic mass is 19.1. The molecule has 6 heteroatoms. The quantitative estimate of drug-likeness (QED) is 0.795. The molecule has 0 saturated carbocycles. The van der Waals surface area contributed by atoms with E-state index in [1.165, 1.54) is 6.07 Å². The summed E-state index contributed by atoms with van der Waals surface area (Å²) in [5.41, 5.74) is 1.61. The topological polar surface area (TPSA) is 46.4 Å². The maximum absolute atomic E-state index is 13.7. The lowest BCUT2D eigenvalue weighted by molar-refractivity contribution is 0.102. The summed E-state index contributed by atoms with van der Waals surface area (Å²) in [6.45, 7) is 1.99. The van der Waals surface area contributed by atoms with Crippen molar-refractivity contribution in [2.45, 2.75) is 19.8 Å². The lowest BCUT2D eigenvalue weighted by Crippen LogP contribution is -2.17. The molecule has 0 aliphatic rings. The van der Waals surface area contributed by atoms with Gasteiger partial charge in [-0.25, -0.2) is 13.8 Å². The Bertz CT molecular complexity index is 873. The molecule has 23 heavy (non-hydrogen) atoms. The van der Waals surface area contributed by atoms with Gasteiger partial charge in [0, 0.05) is 12.3 Å². The molecule has 0 saturated heterocycles. The monoisotopic (exact) mass is 315 g/mol. The van der Waals surface area contributed by atoms with Gasteiger partial charge in [-0.1, -0.05) is 19.4 Å². The smallest absolute Gasteiger partial charge is 0.274 e. The van der Waals surface area contributed by atoms with E-state index in [0.29, 0.717) is 23.5 Å². The zero-order valence-electron chi connectivity index (χ0n) is 12.5. The molecule has 0 unspecified atom stereocenters. The van der Waals surface area contributed by atoms with Crippen molar-refractivity contribution < 1.29 is 13.6 Å². The van der Waals surface area contributed by atoms with E-state index in [1.807, 2.05) is 13.0 Å². The molecular formula is C17H15F2N3O. The number of amides is 1. The summed E-state index contributed by atoms with van der Waals surface area (Å²) >= 11 is 0. The number of hydrogen-bond acceptors (Lipinski definition) is 2. The van der Waals surface area contributed by atoms with E-state index in [4.69, 9.17) is 0 Å². The first kappa shape index (κ1) is 15.1. The van der Waals surface area contributed by atoms with Gasteiger partial charge in [-0.3, -0.25) is 9.20 Å². The molecule has 0 radical (unpaired) electrons. The molecule has 1 aromatic carbocycles. The number of fused-ring (bicyclic) bond motifs is 1. The summed E-state index contributed by atoms with van der Waals surface area (Å²) in [5, 5.41) is 2.49. The number of nitrogens with zero attached hydrogens (tertiary/aromatic N) is 2. The number of imidazole rings is 1. The number of benzene rings is 1. The second-order valence-electron chi connectivity index (χ2n) is 5.16. The third-order valence-electron chi connectivity index (χ3n) is 3.48. The van der Waals surface area contributed by atoms with Crippen LogP contribution in [0, 0.1) is 11.6 Å². The molecule has 0 fully saturated rings. The molecule has 0 spiro atoms. The average molecular weight is 315 g/mol. The number of rotatable bonds is 4. The largest absolute Gasteiger partial charge is 0.318 e. The molecule has 0 aliphatic carbocycles. The predicted molar refractivity (Wildman–Crippen MR) is 83.5 cm³/mol. The van der Waals surface area contributed by atoms with Crippen molar-refractivity contribution >= 4 is 17.2 Å². The number of aryl methyl sites for hydroxylation is 1. The van der Waals surface area contributed by atoms with E-state index in [0.717, 1.165) is 18.6 Å². The number of nitrogens with one attached hydrogen (secondary N) is 1. The van der Waals surface area contributed by atoms with Crippen LogP contribution in [0.5, 0.6) is 0 Å². The number of anilines is 1. The maximum atomic E-state index is 13.7. The van der Waals surface area contributed by atoms with Gasteiger partial charge in [-0.05, 0) is 30.7 Å². The molecule has 3 aromatic rings. The third-order valence-corrected chi connectivity index (χ3v) is 3.48. The fourth-order valence-electron chi connectivity index (χ4n) is 2.47. The van der Waals surface area contributed by atoms with Gasteiger partial charge in [0.15, 0.2) is 0 Å². The van der Waals surface area contributed by atoms with Gasteiger partial charge in [0.05, 0.1) is 11.4 Å². The molecule has 0 aliphatic heterocycles. The summed E-state index contributed by atoms with van der Waals surface area (Å²) in [4.78, 5) is 17.0. The fourth-order valence-corrected chi connectivity index (χ4v) is 2.47. The Morgan fingerprint density at radius 1 is 1.26 bits per heavy atom. The molecule has 0 bridgehead atoms. The molecule has 1 amide bonds. The van der Waals surface area contributed by atoms with Gasteiger partial charge >= 0.3 is 0 Å². The number of aromatic nitrogens is 2. The lowest BCUT2D eigenvalue weighted by Gasteiger charge is -2.08. The van der Waals surface area contributed by atoms with Crippen LogP contribution in [0.3, 0.4) is 0 Å². The van der Waals surface area contributed by atoms with Gasteiger partial charge in [0.1, 0.15) is 23.0 Å². The predicted octanol–water partition coefficient (Wildman–Crippen LogP) is 3.82. The van der Waals surface area contributed by atoms with Crippen LogP contribution < -0.4 is 5.32 Å². The first-order chi connectivity index (χ1) is 11.1. The standard InChI is InChI=1S/C17H15F2N3O/c1-2-5-14-16(22-9-4-3-6-15(22)20-14)17(23)21-13-8-7-11(18)10-12(13)19/h3-4,6-10H,2,5H2,1H3,(H,21,23). The highest BCUT2D eigenvalue weighted by Gasteiger charge is 2.19. The van der Waals surface area contributed by atoms with Crippen LogP contribution in [0.15, 0.2) is 42.6 Å². The van der Waals surface area contributed by atoms with Crippen LogP contribution in [0.2, 0.25) is 0 Å². The zero-order valence-corrected chi connectivity index (χ0v) is 12.5. The van der Waals surface area contributed by atoms with Gasteiger partial charge < -0.3 is 5.32 Å². The Morgan fingerprint density at radius 2 is 2.09 bits per heavy atom. The summed E-state index contributed by atoms with van der Waals surface area (Å²) in [5.74, 6) is -1.98. The summed E-state index contributed by atoms with van der Waals surface area (Å²) in [6, 6.07) is 8.45. The third kappa shape index (κ3) is 2.92. The molecule has 2 heterocycles. The van der Waals surface area contributed by atoms with Crippen molar-refractivity contribution in [3.63, 3.8) is 0 Å². The van der Waals surface area contributed by atoms with Crippen molar-refractivity contribution in [3.05, 3.63) is 65.6 Å². The highest BCUT2D eigenvalue weighted by molar-refractivity contribution is 6.04. The van der Waals surface area contributed by atoms with Gasteiger partial charge in [0.25, 0.3) is 5.91 Å². The van der Waals surface area contributed by atoms with Crippen molar-refractivity contribution in [2.24, 2.45) is 0 Å². The number of carbonyl (C=O) groups excluding carboxylic acids is 1. The Kier molecular flexibility index (Phi) is 4.06. The molecule has 0 atom stereocenters. The van der Waals surface area contributed by atoms with Crippen molar-refractivity contribution in [1.82, 2.24) is 9.38 Å². The normalized spacial score (nSPS) is 10.9. The number of hydrogen-bond donors (Lipinski definition) is 1. The molecule has 118 valence electrons. The first-order valence-corrected chi connectivity index (χ1v) is 7.32. The SMILES string of the molecule is CCCc1nc2ccccn2c1C(=O)Nc1ccc(F)cc1F. The Morgan fingerprint density at radius 3 is 2.83 bits per heavy atom. The van der Waals surface area contributed by atoms with Crippen molar-refractivity contribution in [3.8, 4) is 0 Å². The molecule has 4 nitrogen and oxygen atoms in total. The maximum Gasteiger partial charge on any atom is 0.274 e. The van der Waals surface area contributed by atoms with E-state index in [1.54, 1.807) is 22.7 Å². The van der Waals surface area contributed by atoms with Crippen LogP contribution in [0.4, 0.5) is 14.5 Å². The minimum absolute atomic E-state index is 0.0651. The first-order valence-electron chi connectivity index (χ1n) is 7.32. The molecule has 1 N–H and O–H groups in total. The van der Waals surface area contributed by atoms with Crippen molar-refractivity contribution in [2.75, 3.05) is 5.32 Å². The van der Waals surface area contributed by atoms with Crippen LogP contribution in [-0.4, -0.2) is 15.3 Å². The van der Waals surface area contributed by atoms with Crippen LogP contribution in [-0.2, 0) is 6.42 Å². The van der Waals surface area contributed by atoms with Gasteiger partial charge in [-0.2, -0.15) is 0 Å². The molecule has 2 aromatic heterocycles. The van der Waals surface area contributed by atoms with Crippen LogP contribution in [0.1, 0.15) is 29.5 Å². The fraction of sp³-hybridized carbons (Fsp3) is 0.176. The minimum atomic E-state index is -0.816. The number of carbonyl (C=O) groups is 1. The van der Waals surface area contributed by atoms with E-state index in [-0.39, 0.29) is 5.69 Å². The van der Waals surface area contributed by atoms with Crippen molar-refractivity contribution in [1.29, 1.82) is 0 Å². The minimum Gasteiger partial charge on any atom is -0.318 e. The van der Waals surface area contributed by atoms with E-state index < -0.39 is 17.5 Å². The second-order valence-corrected chi connectivity index (χ2v) is 5.16. The average Bonchev–Trinajstić information content (AvgIpc) is 2.88. The number of pyridine rings is 1. The molecular weight excluding hydrogens is 300 g/mol.